The fourth-order valence-corrected chi connectivity index (χ4v) is 3.58. The Hall–Kier alpha value is -2.27. The first-order valence-corrected chi connectivity index (χ1v) is 9.60. The summed E-state index contributed by atoms with van der Waals surface area (Å²) in [6.07, 6.45) is 0. The highest BCUT2D eigenvalue weighted by Crippen LogP contribution is 2.25. The van der Waals surface area contributed by atoms with Crippen molar-refractivity contribution >= 4 is 28.7 Å². The van der Waals surface area contributed by atoms with E-state index < -0.39 is 0 Å². The Balaban J connectivity index is 1.63. The molecule has 0 amide bonds. The van der Waals surface area contributed by atoms with Crippen LogP contribution in [0.4, 0.5) is 11.4 Å². The number of thiocarbonyl (C=S) groups is 1. The van der Waals surface area contributed by atoms with Gasteiger partial charge in [-0.1, -0.05) is 29.8 Å². The lowest BCUT2D eigenvalue weighted by molar-refractivity contribution is 0.338. The number of ether oxygens (including phenoxy) is 1. The third-order valence-corrected chi connectivity index (χ3v) is 5.07. The van der Waals surface area contributed by atoms with Crippen molar-refractivity contribution in [1.82, 2.24) is 4.90 Å². The first kappa shape index (κ1) is 18.5. The van der Waals surface area contributed by atoms with Gasteiger partial charge in [0.2, 0.25) is 0 Å². The molecule has 3 rings (SSSR count). The van der Waals surface area contributed by atoms with Crippen molar-refractivity contribution in [1.29, 1.82) is 0 Å². The second-order valence-corrected chi connectivity index (χ2v) is 7.07. The van der Waals surface area contributed by atoms with Gasteiger partial charge in [-0.3, -0.25) is 0 Å². The number of para-hydroxylation sites is 2. The number of piperazine rings is 1. The second kappa shape index (κ2) is 8.41. The highest BCUT2D eigenvalue weighted by Gasteiger charge is 2.25. The number of aryl methyl sites for hydroxylation is 1. The van der Waals surface area contributed by atoms with Gasteiger partial charge in [-0.05, 0) is 57.3 Å². The molecule has 1 atom stereocenters. The summed E-state index contributed by atoms with van der Waals surface area (Å²) in [4.78, 5) is 4.69. The van der Waals surface area contributed by atoms with Crippen molar-refractivity contribution in [2.75, 3.05) is 36.5 Å². The lowest BCUT2D eigenvalue weighted by atomic mass is 10.1. The Morgan fingerprint density at radius 2 is 1.88 bits per heavy atom. The maximum Gasteiger partial charge on any atom is 0.173 e. The van der Waals surface area contributed by atoms with Gasteiger partial charge in [-0.25, -0.2) is 0 Å². The van der Waals surface area contributed by atoms with Gasteiger partial charge in [0, 0.05) is 31.4 Å². The maximum atomic E-state index is 5.68. The maximum absolute atomic E-state index is 5.68. The fourth-order valence-electron chi connectivity index (χ4n) is 3.31. The Morgan fingerprint density at radius 3 is 2.58 bits per heavy atom. The molecule has 1 aliphatic heterocycles. The first-order valence-electron chi connectivity index (χ1n) is 9.19. The van der Waals surface area contributed by atoms with E-state index in [2.05, 4.69) is 53.2 Å². The zero-order valence-electron chi connectivity index (χ0n) is 15.7. The summed E-state index contributed by atoms with van der Waals surface area (Å²) in [7, 11) is 0. The van der Waals surface area contributed by atoms with Crippen LogP contribution in [-0.2, 0) is 0 Å². The number of hydrogen-bond acceptors (Lipinski definition) is 3. The molecule has 0 aromatic heterocycles. The molecular weight excluding hydrogens is 342 g/mol. The molecule has 2 aromatic carbocycles. The molecule has 0 spiro atoms. The first-order chi connectivity index (χ1) is 12.6. The third kappa shape index (κ3) is 4.28. The number of nitrogens with zero attached hydrogens (tertiary/aromatic N) is 2. The minimum atomic E-state index is 0.397. The summed E-state index contributed by atoms with van der Waals surface area (Å²) in [5, 5.41) is 4.12. The van der Waals surface area contributed by atoms with Gasteiger partial charge < -0.3 is 19.9 Å². The van der Waals surface area contributed by atoms with Crippen molar-refractivity contribution in [2.45, 2.75) is 26.8 Å². The Morgan fingerprint density at radius 1 is 1.15 bits per heavy atom. The van der Waals surface area contributed by atoms with Crippen LogP contribution in [0.3, 0.4) is 0 Å². The molecule has 2 aromatic rings. The second-order valence-electron chi connectivity index (χ2n) is 6.68. The smallest absolute Gasteiger partial charge is 0.173 e. The highest BCUT2D eigenvalue weighted by atomic mass is 32.1. The molecular formula is C21H27N3OS. The normalized spacial score (nSPS) is 17.1. The van der Waals surface area contributed by atoms with Crippen LogP contribution < -0.4 is 15.0 Å². The van der Waals surface area contributed by atoms with Gasteiger partial charge in [0.1, 0.15) is 5.75 Å². The summed E-state index contributed by atoms with van der Waals surface area (Å²) < 4.78 is 5.68. The minimum Gasteiger partial charge on any atom is -0.492 e. The van der Waals surface area contributed by atoms with E-state index in [1.165, 1.54) is 11.3 Å². The molecule has 1 fully saturated rings. The summed E-state index contributed by atoms with van der Waals surface area (Å²) in [6, 6.07) is 17.1. The summed E-state index contributed by atoms with van der Waals surface area (Å²) in [6.45, 7) is 9.76. The molecule has 0 saturated carbocycles. The van der Waals surface area contributed by atoms with E-state index in [0.29, 0.717) is 12.6 Å². The summed E-state index contributed by atoms with van der Waals surface area (Å²) >= 11 is 5.67. The highest BCUT2D eigenvalue weighted by molar-refractivity contribution is 7.80. The Labute approximate surface area is 161 Å². The van der Waals surface area contributed by atoms with E-state index in [0.717, 1.165) is 36.2 Å². The van der Waals surface area contributed by atoms with E-state index in [9.17, 15) is 0 Å². The van der Waals surface area contributed by atoms with Crippen LogP contribution in [0.15, 0.2) is 48.5 Å². The van der Waals surface area contributed by atoms with E-state index in [1.54, 1.807) is 0 Å². The van der Waals surface area contributed by atoms with Gasteiger partial charge in [0.15, 0.2) is 5.11 Å². The average Bonchev–Trinajstić information content (AvgIpc) is 2.64. The average molecular weight is 370 g/mol. The SMILES string of the molecule is CCOc1ccccc1NC(=S)N1CCN(c2ccc(C)cc2)[C@@H](C)C1. The fraction of sp³-hybridized carbons (Fsp3) is 0.381. The van der Waals surface area contributed by atoms with Crippen LogP contribution in [0.25, 0.3) is 0 Å². The molecule has 1 heterocycles. The molecule has 138 valence electrons. The van der Waals surface area contributed by atoms with Crippen molar-refractivity contribution in [3.05, 3.63) is 54.1 Å². The summed E-state index contributed by atoms with van der Waals surface area (Å²) in [5.41, 5.74) is 3.50. The number of hydrogen-bond donors (Lipinski definition) is 1. The standard InChI is InChI=1S/C21H27N3OS/c1-4-25-20-8-6-5-7-19(20)22-21(26)23-13-14-24(17(3)15-23)18-11-9-16(2)10-12-18/h5-12,17H,4,13-15H2,1-3H3,(H,22,26)/t17-/m0/s1. The van der Waals surface area contributed by atoms with Crippen molar-refractivity contribution < 1.29 is 4.74 Å². The van der Waals surface area contributed by atoms with Crippen molar-refractivity contribution in [2.24, 2.45) is 0 Å². The van der Waals surface area contributed by atoms with E-state index in [4.69, 9.17) is 17.0 Å². The van der Waals surface area contributed by atoms with E-state index in [1.807, 2.05) is 31.2 Å². The zero-order valence-corrected chi connectivity index (χ0v) is 16.6. The van der Waals surface area contributed by atoms with Crippen LogP contribution in [-0.4, -0.2) is 42.3 Å². The molecule has 1 saturated heterocycles. The van der Waals surface area contributed by atoms with E-state index in [-0.39, 0.29) is 0 Å². The molecule has 0 unspecified atom stereocenters. The predicted octanol–water partition coefficient (Wildman–Crippen LogP) is 4.30. The van der Waals surface area contributed by atoms with Gasteiger partial charge in [0.05, 0.1) is 12.3 Å². The lowest BCUT2D eigenvalue weighted by Gasteiger charge is -2.42. The molecule has 0 radical (unpaired) electrons. The third-order valence-electron chi connectivity index (χ3n) is 4.71. The minimum absolute atomic E-state index is 0.397. The van der Waals surface area contributed by atoms with Crippen LogP contribution in [0.1, 0.15) is 19.4 Å². The van der Waals surface area contributed by atoms with Gasteiger partial charge in [-0.2, -0.15) is 0 Å². The Bertz CT molecular complexity index is 747. The molecule has 26 heavy (non-hydrogen) atoms. The van der Waals surface area contributed by atoms with Crippen molar-refractivity contribution in [3.63, 3.8) is 0 Å². The van der Waals surface area contributed by atoms with Crippen LogP contribution in [0, 0.1) is 6.92 Å². The number of nitrogens with one attached hydrogen (secondary N) is 1. The molecule has 5 heteroatoms. The van der Waals surface area contributed by atoms with Crippen LogP contribution in [0.2, 0.25) is 0 Å². The topological polar surface area (TPSA) is 27.7 Å². The summed E-state index contributed by atoms with van der Waals surface area (Å²) in [5.74, 6) is 0.837. The van der Waals surface area contributed by atoms with Crippen LogP contribution in [0.5, 0.6) is 5.75 Å². The largest absolute Gasteiger partial charge is 0.492 e. The van der Waals surface area contributed by atoms with Crippen molar-refractivity contribution in [3.8, 4) is 5.75 Å². The predicted molar refractivity (Wildman–Crippen MR) is 113 cm³/mol. The molecule has 1 aliphatic rings. The number of anilines is 2. The lowest BCUT2D eigenvalue weighted by Crippen LogP contribution is -2.54. The van der Waals surface area contributed by atoms with E-state index >= 15 is 0 Å². The van der Waals surface area contributed by atoms with Gasteiger partial charge in [0.25, 0.3) is 0 Å². The molecule has 4 nitrogen and oxygen atoms in total. The number of benzene rings is 2. The van der Waals surface area contributed by atoms with Crippen LogP contribution >= 0.6 is 12.2 Å². The Kier molecular flexibility index (Phi) is 5.99. The number of rotatable bonds is 4. The van der Waals surface area contributed by atoms with Gasteiger partial charge in [-0.15, -0.1) is 0 Å². The molecule has 0 bridgehead atoms. The molecule has 1 N–H and O–H groups in total. The van der Waals surface area contributed by atoms with Gasteiger partial charge >= 0.3 is 0 Å². The zero-order chi connectivity index (χ0) is 18.5. The monoisotopic (exact) mass is 369 g/mol. The quantitative estimate of drug-likeness (QED) is 0.811. The molecule has 0 aliphatic carbocycles.